The minimum Gasteiger partial charge on any atom is -0.390 e. The van der Waals surface area contributed by atoms with Crippen molar-refractivity contribution in [3.05, 3.63) is 48.6 Å². The quantitative estimate of drug-likeness (QED) is 0.184. The maximum Gasteiger partial charge on any atom is 0.243 e. The minimum atomic E-state index is -3.66. The van der Waals surface area contributed by atoms with E-state index < -0.39 is 62.4 Å². The van der Waals surface area contributed by atoms with Gasteiger partial charge in [0.15, 0.2) is 9.84 Å². The van der Waals surface area contributed by atoms with Crippen molar-refractivity contribution in [2.24, 2.45) is 11.8 Å². The third kappa shape index (κ3) is 10.9. The van der Waals surface area contributed by atoms with Gasteiger partial charge in [0.25, 0.3) is 0 Å². The number of carbonyl (C=O) groups excluding carboxylic acids is 2. The van der Waals surface area contributed by atoms with E-state index in [2.05, 4.69) is 23.1 Å². The molecule has 2 rings (SSSR count). The van der Waals surface area contributed by atoms with Crippen molar-refractivity contribution in [1.29, 1.82) is 0 Å². The average molecular weight is 589 g/mol. The summed E-state index contributed by atoms with van der Waals surface area (Å²) in [5, 5.41) is 26.9. The fourth-order valence-corrected chi connectivity index (χ4v) is 6.48. The molecule has 4 N–H and O–H groups in total. The second-order valence-corrected chi connectivity index (χ2v) is 15.0. The molecule has 0 heterocycles. The van der Waals surface area contributed by atoms with Gasteiger partial charge in [0.1, 0.15) is 12.1 Å². The first-order valence-corrected chi connectivity index (χ1v) is 16.2. The highest BCUT2D eigenvalue weighted by molar-refractivity contribution is 7.92. The molecule has 228 valence electrons. The van der Waals surface area contributed by atoms with Crippen LogP contribution in [0.1, 0.15) is 77.7 Å². The molecule has 1 saturated carbocycles. The lowest BCUT2D eigenvalue weighted by Crippen LogP contribution is -2.56. The predicted octanol–water partition coefficient (Wildman–Crippen LogP) is 3.32. The van der Waals surface area contributed by atoms with Crippen LogP contribution in [0.5, 0.6) is 0 Å². The summed E-state index contributed by atoms with van der Waals surface area (Å²) < 4.78 is 25.1. The lowest BCUT2D eigenvalue weighted by molar-refractivity contribution is -0.132. The molecule has 41 heavy (non-hydrogen) atoms. The Hall–Kier alpha value is -2.67. The molecule has 8 nitrogen and oxygen atoms in total. The Morgan fingerprint density at radius 3 is 2.29 bits per heavy atom. The minimum absolute atomic E-state index is 0.122. The SMILES string of the molecule is C#CC[C@H](NC(=O)[C@H](Cc1ccccc1)CS(=O)(=O)C(C)(C)C)C(=O)N[C@@H](CC1CCCCC1)[C@@H](O)[C@@H](O)CC=C. The number of hydrogen-bond acceptors (Lipinski definition) is 6. The van der Waals surface area contributed by atoms with E-state index >= 15 is 0 Å². The number of aliphatic hydroxyl groups excluding tert-OH is 2. The van der Waals surface area contributed by atoms with Crippen LogP contribution in [-0.2, 0) is 25.8 Å². The predicted molar refractivity (Wildman–Crippen MR) is 163 cm³/mol. The summed E-state index contributed by atoms with van der Waals surface area (Å²) in [6.45, 7) is 8.39. The van der Waals surface area contributed by atoms with E-state index in [1.54, 1.807) is 20.8 Å². The van der Waals surface area contributed by atoms with Gasteiger partial charge in [-0.05, 0) is 51.5 Å². The molecule has 0 aromatic heterocycles. The van der Waals surface area contributed by atoms with Gasteiger partial charge < -0.3 is 20.8 Å². The zero-order valence-corrected chi connectivity index (χ0v) is 25.5. The molecular formula is C32H48N2O6S. The summed E-state index contributed by atoms with van der Waals surface area (Å²) in [5.41, 5.74) is 0.793. The molecule has 0 spiro atoms. The Kier molecular flexibility index (Phi) is 13.6. The number of sulfone groups is 1. The van der Waals surface area contributed by atoms with Gasteiger partial charge in [-0.15, -0.1) is 18.9 Å². The van der Waals surface area contributed by atoms with Gasteiger partial charge in [-0.3, -0.25) is 9.59 Å². The molecular weight excluding hydrogens is 540 g/mol. The van der Waals surface area contributed by atoms with Gasteiger partial charge in [0, 0.05) is 6.42 Å². The van der Waals surface area contributed by atoms with Gasteiger partial charge >= 0.3 is 0 Å². The Morgan fingerprint density at radius 2 is 1.73 bits per heavy atom. The normalized spacial score (nSPS) is 18.2. The number of benzene rings is 1. The summed E-state index contributed by atoms with van der Waals surface area (Å²) in [6.07, 6.45) is 10.7. The molecule has 1 fully saturated rings. The van der Waals surface area contributed by atoms with Crippen molar-refractivity contribution in [2.45, 2.75) is 108 Å². The fourth-order valence-electron chi connectivity index (χ4n) is 5.18. The van der Waals surface area contributed by atoms with Crippen LogP contribution in [0.15, 0.2) is 43.0 Å². The monoisotopic (exact) mass is 588 g/mol. The van der Waals surface area contributed by atoms with Gasteiger partial charge in [0.2, 0.25) is 11.8 Å². The van der Waals surface area contributed by atoms with Gasteiger partial charge in [0.05, 0.1) is 28.6 Å². The first-order chi connectivity index (χ1) is 19.3. The first kappa shape index (κ1) is 34.5. The Labute approximate surface area is 246 Å². The van der Waals surface area contributed by atoms with E-state index in [9.17, 15) is 28.2 Å². The maximum absolute atomic E-state index is 13.5. The van der Waals surface area contributed by atoms with Crippen molar-refractivity contribution in [3.63, 3.8) is 0 Å². The van der Waals surface area contributed by atoms with E-state index in [1.807, 2.05) is 30.3 Å². The van der Waals surface area contributed by atoms with Crippen LogP contribution in [0.3, 0.4) is 0 Å². The molecule has 0 unspecified atom stereocenters. The molecule has 1 aromatic rings. The molecule has 1 aliphatic rings. The van der Waals surface area contributed by atoms with Crippen molar-refractivity contribution in [1.82, 2.24) is 10.6 Å². The summed E-state index contributed by atoms with van der Waals surface area (Å²) in [5.74, 6) is 0.198. The highest BCUT2D eigenvalue weighted by atomic mass is 32.2. The Bertz CT molecular complexity index is 1130. The second-order valence-electron chi connectivity index (χ2n) is 12.2. The number of hydrogen-bond donors (Lipinski definition) is 4. The van der Waals surface area contributed by atoms with Crippen molar-refractivity contribution >= 4 is 21.7 Å². The van der Waals surface area contributed by atoms with E-state index in [0.717, 1.165) is 37.7 Å². The molecule has 0 saturated heterocycles. The summed E-state index contributed by atoms with van der Waals surface area (Å²) in [4.78, 5) is 27.0. The standard InChI is InChI=1S/C32H48N2O6S/c1-6-14-26(31(38)34-27(29(36)28(35)15-7-2)21-24-18-12-9-13-19-24)33-30(37)25(20-23-16-10-8-11-17-23)22-41(39,40)32(3,4)5/h1,7-8,10-11,16-17,24-29,35-36H,2,9,12-15,18-22H2,3-5H3,(H,33,37)(H,34,38)/t25-,26+,27+,28+,29-/m1/s1. The molecule has 0 bridgehead atoms. The molecule has 0 radical (unpaired) electrons. The number of terminal acetylenes is 1. The van der Waals surface area contributed by atoms with Crippen LogP contribution >= 0.6 is 0 Å². The van der Waals surface area contributed by atoms with Crippen LogP contribution in [0, 0.1) is 24.2 Å². The molecule has 0 aliphatic heterocycles. The largest absolute Gasteiger partial charge is 0.390 e. The van der Waals surface area contributed by atoms with Gasteiger partial charge in [-0.2, -0.15) is 0 Å². The van der Waals surface area contributed by atoms with Crippen molar-refractivity contribution < 1.29 is 28.2 Å². The summed E-state index contributed by atoms with van der Waals surface area (Å²) in [7, 11) is -3.66. The Morgan fingerprint density at radius 1 is 1.10 bits per heavy atom. The summed E-state index contributed by atoms with van der Waals surface area (Å²) in [6, 6.07) is 7.22. The zero-order valence-electron chi connectivity index (χ0n) is 24.7. The molecule has 9 heteroatoms. The van der Waals surface area contributed by atoms with Crippen LogP contribution < -0.4 is 10.6 Å². The Balaban J connectivity index is 2.26. The lowest BCUT2D eigenvalue weighted by atomic mass is 9.82. The molecule has 5 atom stereocenters. The highest BCUT2D eigenvalue weighted by Crippen LogP contribution is 2.29. The zero-order chi connectivity index (χ0) is 30.6. The van der Waals surface area contributed by atoms with E-state index in [1.165, 1.54) is 6.08 Å². The number of aliphatic hydroxyl groups is 2. The van der Waals surface area contributed by atoms with Crippen LogP contribution in [0.4, 0.5) is 0 Å². The third-order valence-electron chi connectivity index (χ3n) is 7.86. The van der Waals surface area contributed by atoms with Crippen LogP contribution in [-0.4, -0.2) is 65.2 Å². The third-order valence-corrected chi connectivity index (χ3v) is 10.6. The summed E-state index contributed by atoms with van der Waals surface area (Å²) >= 11 is 0. The van der Waals surface area contributed by atoms with Crippen LogP contribution in [0.2, 0.25) is 0 Å². The smallest absolute Gasteiger partial charge is 0.243 e. The molecule has 1 aromatic carbocycles. The average Bonchev–Trinajstić information content (AvgIpc) is 2.92. The van der Waals surface area contributed by atoms with Crippen molar-refractivity contribution in [2.75, 3.05) is 5.75 Å². The lowest BCUT2D eigenvalue weighted by Gasteiger charge is -2.33. The molecule has 2 amide bonds. The second kappa shape index (κ2) is 16.1. The molecule has 1 aliphatic carbocycles. The van der Waals surface area contributed by atoms with E-state index in [-0.39, 0.29) is 25.2 Å². The number of carbonyl (C=O) groups is 2. The van der Waals surface area contributed by atoms with Crippen LogP contribution in [0.25, 0.3) is 0 Å². The number of nitrogens with one attached hydrogen (secondary N) is 2. The topological polar surface area (TPSA) is 133 Å². The van der Waals surface area contributed by atoms with Gasteiger partial charge in [-0.25, -0.2) is 8.42 Å². The van der Waals surface area contributed by atoms with Crippen molar-refractivity contribution in [3.8, 4) is 12.3 Å². The maximum atomic E-state index is 13.5. The number of amides is 2. The van der Waals surface area contributed by atoms with Gasteiger partial charge in [-0.1, -0.05) is 68.5 Å². The fraction of sp³-hybridized carbons (Fsp3) is 0.625. The van der Waals surface area contributed by atoms with E-state index in [0.29, 0.717) is 6.42 Å². The highest BCUT2D eigenvalue weighted by Gasteiger charge is 2.37. The first-order valence-electron chi connectivity index (χ1n) is 14.6. The number of rotatable bonds is 15. The van der Waals surface area contributed by atoms with E-state index in [4.69, 9.17) is 6.42 Å².